The van der Waals surface area contributed by atoms with E-state index in [0.717, 1.165) is 12.0 Å². The first-order chi connectivity index (χ1) is 14.1. The van der Waals surface area contributed by atoms with Crippen molar-refractivity contribution in [3.63, 3.8) is 0 Å². The Balaban J connectivity index is 0.00000450. The molecule has 0 fully saturated rings. The molecule has 0 aliphatic heterocycles. The zero-order chi connectivity index (χ0) is 20.9. The molecule has 1 aromatic heterocycles. The number of ether oxygens (including phenoxy) is 3. The van der Waals surface area contributed by atoms with E-state index in [1.165, 1.54) is 12.1 Å². The molecule has 30 heavy (non-hydrogen) atoms. The number of hydrogen-bond acceptors (Lipinski definition) is 5. The Kier molecular flexibility index (Phi) is 12.8. The zero-order valence-corrected chi connectivity index (χ0v) is 19.9. The molecular weight excluding hydrogens is 502 g/mol. The van der Waals surface area contributed by atoms with Gasteiger partial charge in [-0.25, -0.2) is 9.37 Å². The zero-order valence-electron chi connectivity index (χ0n) is 17.6. The Hall–Kier alpha value is -2.14. The molecule has 2 N–H and O–H groups in total. The van der Waals surface area contributed by atoms with Gasteiger partial charge >= 0.3 is 0 Å². The number of benzene rings is 1. The molecule has 0 amide bonds. The number of nitrogens with zero attached hydrogens (tertiary/aromatic N) is 2. The first-order valence-corrected chi connectivity index (χ1v) is 9.58. The summed E-state index contributed by atoms with van der Waals surface area (Å²) in [6.45, 7) is 4.11. The Morgan fingerprint density at radius 2 is 2.03 bits per heavy atom. The van der Waals surface area contributed by atoms with Gasteiger partial charge in [0.1, 0.15) is 24.3 Å². The summed E-state index contributed by atoms with van der Waals surface area (Å²) >= 11 is 0. The number of aliphatic imine (C=N–C) groups is 1. The van der Waals surface area contributed by atoms with Gasteiger partial charge in [-0.3, -0.25) is 4.99 Å². The second-order valence-corrected chi connectivity index (χ2v) is 6.26. The monoisotopic (exact) mass is 532 g/mol. The van der Waals surface area contributed by atoms with E-state index in [9.17, 15) is 4.39 Å². The average Bonchev–Trinajstić information content (AvgIpc) is 2.74. The molecule has 1 heterocycles. The van der Waals surface area contributed by atoms with Crippen LogP contribution in [-0.4, -0.2) is 51.0 Å². The predicted molar refractivity (Wildman–Crippen MR) is 126 cm³/mol. The summed E-state index contributed by atoms with van der Waals surface area (Å²) in [5.41, 5.74) is 0.995. The van der Waals surface area contributed by atoms with Crippen LogP contribution in [0.1, 0.15) is 18.9 Å². The van der Waals surface area contributed by atoms with E-state index < -0.39 is 0 Å². The number of guanidine groups is 1. The lowest BCUT2D eigenvalue weighted by atomic mass is 10.2. The SMILES string of the molecule is CCC(CNC(=NC)NCc1ccc(OCCOC)nc1)Oc1cccc(F)c1.I. The van der Waals surface area contributed by atoms with Crippen molar-refractivity contribution in [2.24, 2.45) is 4.99 Å². The number of rotatable bonds is 11. The smallest absolute Gasteiger partial charge is 0.213 e. The van der Waals surface area contributed by atoms with Crippen LogP contribution in [0.5, 0.6) is 11.6 Å². The summed E-state index contributed by atoms with van der Waals surface area (Å²) in [6.07, 6.45) is 2.42. The van der Waals surface area contributed by atoms with Gasteiger partial charge < -0.3 is 24.8 Å². The first kappa shape index (κ1) is 25.9. The molecule has 1 unspecified atom stereocenters. The van der Waals surface area contributed by atoms with Gasteiger partial charge in [0.25, 0.3) is 0 Å². The van der Waals surface area contributed by atoms with E-state index in [1.807, 2.05) is 19.1 Å². The molecule has 0 saturated carbocycles. The van der Waals surface area contributed by atoms with Gasteiger partial charge in [-0.15, -0.1) is 24.0 Å². The molecule has 2 rings (SSSR count). The molecule has 2 aromatic rings. The van der Waals surface area contributed by atoms with Gasteiger partial charge in [0, 0.05) is 39.0 Å². The minimum Gasteiger partial charge on any atom is -0.489 e. The van der Waals surface area contributed by atoms with Crippen molar-refractivity contribution >= 4 is 29.9 Å². The fraction of sp³-hybridized carbons (Fsp3) is 0.429. The Morgan fingerprint density at radius 3 is 2.67 bits per heavy atom. The van der Waals surface area contributed by atoms with E-state index in [4.69, 9.17) is 14.2 Å². The van der Waals surface area contributed by atoms with Crippen molar-refractivity contribution < 1.29 is 18.6 Å². The van der Waals surface area contributed by atoms with Crippen LogP contribution in [0.4, 0.5) is 4.39 Å². The van der Waals surface area contributed by atoms with E-state index in [2.05, 4.69) is 20.6 Å². The van der Waals surface area contributed by atoms with E-state index in [-0.39, 0.29) is 35.9 Å². The lowest BCUT2D eigenvalue weighted by Gasteiger charge is -2.20. The molecule has 0 saturated heterocycles. The summed E-state index contributed by atoms with van der Waals surface area (Å²) in [4.78, 5) is 8.48. The molecule has 0 aliphatic carbocycles. The average molecular weight is 532 g/mol. The number of hydrogen-bond donors (Lipinski definition) is 2. The van der Waals surface area contributed by atoms with Crippen LogP contribution in [0.3, 0.4) is 0 Å². The maximum absolute atomic E-state index is 13.3. The summed E-state index contributed by atoms with van der Waals surface area (Å²) < 4.78 is 29.5. The molecule has 1 aromatic carbocycles. The largest absolute Gasteiger partial charge is 0.489 e. The quantitative estimate of drug-likeness (QED) is 0.200. The normalized spacial score (nSPS) is 11.9. The van der Waals surface area contributed by atoms with E-state index >= 15 is 0 Å². The number of aromatic nitrogens is 1. The molecule has 0 spiro atoms. The number of pyridine rings is 1. The van der Waals surface area contributed by atoms with Gasteiger partial charge in [0.15, 0.2) is 5.96 Å². The van der Waals surface area contributed by atoms with Crippen LogP contribution >= 0.6 is 24.0 Å². The summed E-state index contributed by atoms with van der Waals surface area (Å²) in [6, 6.07) is 9.91. The highest BCUT2D eigenvalue weighted by Crippen LogP contribution is 2.14. The summed E-state index contributed by atoms with van der Waals surface area (Å²) in [5.74, 6) is 1.41. The van der Waals surface area contributed by atoms with Gasteiger partial charge in [-0.1, -0.05) is 19.1 Å². The number of halogens is 2. The second-order valence-electron chi connectivity index (χ2n) is 6.26. The highest BCUT2D eigenvalue weighted by atomic mass is 127. The minimum atomic E-state index is -0.313. The van der Waals surface area contributed by atoms with Gasteiger partial charge in [0.2, 0.25) is 5.88 Å². The van der Waals surface area contributed by atoms with Gasteiger partial charge in [-0.05, 0) is 24.1 Å². The van der Waals surface area contributed by atoms with Crippen LogP contribution in [0, 0.1) is 5.82 Å². The predicted octanol–water partition coefficient (Wildman–Crippen LogP) is 3.39. The highest BCUT2D eigenvalue weighted by Gasteiger charge is 2.10. The minimum absolute atomic E-state index is 0. The Morgan fingerprint density at radius 1 is 1.20 bits per heavy atom. The molecule has 0 radical (unpaired) electrons. The fourth-order valence-electron chi connectivity index (χ4n) is 2.45. The van der Waals surface area contributed by atoms with E-state index in [1.54, 1.807) is 32.5 Å². The molecule has 9 heteroatoms. The van der Waals surface area contributed by atoms with Crippen LogP contribution in [0.15, 0.2) is 47.6 Å². The fourth-order valence-corrected chi connectivity index (χ4v) is 2.45. The van der Waals surface area contributed by atoms with E-state index in [0.29, 0.717) is 43.9 Å². The number of methoxy groups -OCH3 is 1. The summed E-state index contributed by atoms with van der Waals surface area (Å²) in [5, 5.41) is 6.46. The van der Waals surface area contributed by atoms with Crippen LogP contribution in [0.2, 0.25) is 0 Å². The van der Waals surface area contributed by atoms with Crippen molar-refractivity contribution in [1.29, 1.82) is 0 Å². The van der Waals surface area contributed by atoms with Crippen LogP contribution < -0.4 is 20.1 Å². The number of nitrogens with one attached hydrogen (secondary N) is 2. The summed E-state index contributed by atoms with van der Waals surface area (Å²) in [7, 11) is 3.33. The van der Waals surface area contributed by atoms with Gasteiger partial charge in [-0.2, -0.15) is 0 Å². The molecular formula is C21H30FIN4O3. The van der Waals surface area contributed by atoms with Crippen LogP contribution in [0.25, 0.3) is 0 Å². The van der Waals surface area contributed by atoms with Crippen molar-refractivity contribution in [1.82, 2.24) is 15.6 Å². The van der Waals surface area contributed by atoms with Crippen LogP contribution in [-0.2, 0) is 11.3 Å². The third-order valence-electron chi connectivity index (χ3n) is 4.07. The third kappa shape index (κ3) is 9.57. The molecule has 1 atom stereocenters. The lowest BCUT2D eigenvalue weighted by molar-refractivity contribution is 0.143. The standard InChI is InChI=1S/C21H29FN4O3.HI/c1-4-18(29-19-7-5-6-17(22)12-19)15-26-21(23-2)25-14-16-8-9-20(24-13-16)28-11-10-27-3;/h5-9,12-13,18H,4,10-11,14-15H2,1-3H3,(H2,23,25,26);1H. The van der Waals surface area contributed by atoms with Crippen molar-refractivity contribution in [2.45, 2.75) is 26.0 Å². The maximum atomic E-state index is 13.3. The van der Waals surface area contributed by atoms with Crippen molar-refractivity contribution in [2.75, 3.05) is 33.9 Å². The van der Waals surface area contributed by atoms with Crippen molar-refractivity contribution in [3.8, 4) is 11.6 Å². The molecule has 7 nitrogen and oxygen atoms in total. The Labute approximate surface area is 194 Å². The van der Waals surface area contributed by atoms with Crippen molar-refractivity contribution in [3.05, 3.63) is 54.0 Å². The van der Waals surface area contributed by atoms with Gasteiger partial charge in [0.05, 0.1) is 13.2 Å². The molecule has 166 valence electrons. The Bertz CT molecular complexity index is 762. The molecule has 0 aliphatic rings. The maximum Gasteiger partial charge on any atom is 0.213 e. The topological polar surface area (TPSA) is 77.0 Å². The first-order valence-electron chi connectivity index (χ1n) is 9.58. The third-order valence-corrected chi connectivity index (χ3v) is 4.07. The second kappa shape index (κ2) is 14.8. The molecule has 0 bridgehead atoms. The highest BCUT2D eigenvalue weighted by molar-refractivity contribution is 14.0. The lowest BCUT2D eigenvalue weighted by Crippen LogP contribution is -2.42.